The number of fused-ring (bicyclic) bond motifs is 1. The lowest BCUT2D eigenvalue weighted by atomic mass is 10.2. The van der Waals surface area contributed by atoms with E-state index in [2.05, 4.69) is 10.3 Å². The van der Waals surface area contributed by atoms with Gasteiger partial charge in [-0.2, -0.15) is 0 Å². The monoisotopic (exact) mass is 331 g/mol. The number of halogens is 1. The number of hydrogen-bond donors (Lipinski definition) is 2. The Labute approximate surface area is 106 Å². The van der Waals surface area contributed by atoms with Crippen molar-refractivity contribution in [1.82, 2.24) is 14.7 Å². The van der Waals surface area contributed by atoms with Crippen LogP contribution in [0.1, 0.15) is 11.3 Å². The molecule has 0 aromatic carbocycles. The molecule has 0 spiro atoms. The van der Waals surface area contributed by atoms with E-state index in [4.69, 9.17) is 0 Å². The molecular formula is C10H10IN3O2. The fourth-order valence-corrected chi connectivity index (χ4v) is 1.81. The topological polar surface area (TPSA) is 66.6 Å². The molecule has 1 amide bonds. The maximum absolute atomic E-state index is 10.8. The summed E-state index contributed by atoms with van der Waals surface area (Å²) in [7, 11) is 0. The van der Waals surface area contributed by atoms with Crippen LogP contribution in [0.25, 0.3) is 5.52 Å². The first kappa shape index (κ1) is 11.2. The van der Waals surface area contributed by atoms with Gasteiger partial charge in [0.25, 0.3) is 3.91 Å². The van der Waals surface area contributed by atoms with Gasteiger partial charge in [-0.3, -0.25) is 4.79 Å². The molecule has 0 atom stereocenters. The minimum atomic E-state index is -0.157. The van der Waals surface area contributed by atoms with E-state index >= 15 is 0 Å². The van der Waals surface area contributed by atoms with Crippen LogP contribution in [-0.2, 0) is 6.54 Å². The lowest BCUT2D eigenvalue weighted by Gasteiger charge is -2.09. The molecule has 0 aliphatic rings. The van der Waals surface area contributed by atoms with E-state index in [1.165, 1.54) is 0 Å². The third-order valence-electron chi connectivity index (χ3n) is 2.39. The quantitative estimate of drug-likeness (QED) is 0.502. The minimum absolute atomic E-state index is 0.157. The molecule has 0 saturated carbocycles. The lowest BCUT2D eigenvalue weighted by Crippen LogP contribution is -2.15. The van der Waals surface area contributed by atoms with Crippen molar-refractivity contribution in [2.75, 3.05) is 0 Å². The third-order valence-corrected chi connectivity index (χ3v) is 2.77. The zero-order valence-corrected chi connectivity index (χ0v) is 10.7. The van der Waals surface area contributed by atoms with E-state index < -0.39 is 0 Å². The number of aromatic hydroxyl groups is 1. The Morgan fingerprint density at radius 2 is 2.44 bits per heavy atom. The van der Waals surface area contributed by atoms with Gasteiger partial charge < -0.3 is 14.8 Å². The molecule has 5 nitrogen and oxygen atoms in total. The van der Waals surface area contributed by atoms with Crippen molar-refractivity contribution >= 4 is 32.0 Å². The van der Waals surface area contributed by atoms with E-state index in [0.717, 1.165) is 11.2 Å². The molecule has 2 aromatic rings. The summed E-state index contributed by atoms with van der Waals surface area (Å²) in [5, 5.41) is 12.5. The Balaban J connectivity index is 2.50. The van der Waals surface area contributed by atoms with Crippen LogP contribution in [-0.4, -0.2) is 18.4 Å². The van der Waals surface area contributed by atoms with Crippen molar-refractivity contribution in [2.45, 2.75) is 13.5 Å². The molecule has 0 saturated heterocycles. The van der Waals surface area contributed by atoms with Crippen molar-refractivity contribution in [3.05, 3.63) is 29.8 Å². The summed E-state index contributed by atoms with van der Waals surface area (Å²) in [4.78, 5) is 14.9. The fourth-order valence-electron chi connectivity index (χ4n) is 1.62. The van der Waals surface area contributed by atoms with Crippen LogP contribution in [0.15, 0.2) is 18.6 Å². The number of rotatable bonds is 2. The molecule has 2 rings (SSSR count). The van der Waals surface area contributed by atoms with E-state index in [1.807, 2.05) is 11.3 Å². The number of imidazole rings is 1. The molecular weight excluding hydrogens is 321 g/mol. The molecule has 16 heavy (non-hydrogen) atoms. The summed E-state index contributed by atoms with van der Waals surface area (Å²) in [5.74, 6) is 0.177. The van der Waals surface area contributed by atoms with Gasteiger partial charge in [0.1, 0.15) is 5.75 Å². The molecule has 0 unspecified atom stereocenters. The van der Waals surface area contributed by atoms with E-state index in [9.17, 15) is 9.90 Å². The number of aromatic nitrogens is 2. The first-order chi connectivity index (χ1) is 7.59. The van der Waals surface area contributed by atoms with Gasteiger partial charge in [-0.05, 0) is 13.0 Å². The van der Waals surface area contributed by atoms with E-state index in [-0.39, 0.29) is 9.66 Å². The molecule has 2 aromatic heterocycles. The largest absolute Gasteiger partial charge is 0.507 e. The van der Waals surface area contributed by atoms with Crippen molar-refractivity contribution in [3.8, 4) is 5.75 Å². The summed E-state index contributed by atoms with van der Waals surface area (Å²) < 4.78 is 1.71. The van der Waals surface area contributed by atoms with Gasteiger partial charge >= 0.3 is 0 Å². The van der Waals surface area contributed by atoms with Crippen LogP contribution in [0.3, 0.4) is 0 Å². The SMILES string of the molecule is Cc1cc(O)c(CNC(=O)I)c2cncn12. The Kier molecular flexibility index (Phi) is 2.99. The minimum Gasteiger partial charge on any atom is -0.507 e. The van der Waals surface area contributed by atoms with E-state index in [1.54, 1.807) is 41.2 Å². The highest BCUT2D eigenvalue weighted by Gasteiger charge is 2.10. The van der Waals surface area contributed by atoms with Gasteiger partial charge in [0.2, 0.25) is 0 Å². The second-order valence-electron chi connectivity index (χ2n) is 3.43. The number of amides is 1. The molecule has 0 fully saturated rings. The first-order valence-electron chi connectivity index (χ1n) is 4.66. The average Bonchev–Trinajstić information content (AvgIpc) is 2.65. The molecule has 2 N–H and O–H groups in total. The van der Waals surface area contributed by atoms with Crippen LogP contribution in [0.5, 0.6) is 5.75 Å². The normalized spacial score (nSPS) is 10.6. The Morgan fingerprint density at radius 3 is 3.12 bits per heavy atom. The molecule has 0 aliphatic carbocycles. The second-order valence-corrected chi connectivity index (χ2v) is 4.41. The summed E-state index contributed by atoms with van der Waals surface area (Å²) >= 11 is 1.66. The molecule has 0 bridgehead atoms. The lowest BCUT2D eigenvalue weighted by molar-refractivity contribution is 0.262. The number of carbonyl (C=O) groups is 1. The first-order valence-corrected chi connectivity index (χ1v) is 5.74. The number of pyridine rings is 1. The van der Waals surface area contributed by atoms with Crippen molar-refractivity contribution in [3.63, 3.8) is 0 Å². The molecule has 2 heterocycles. The smallest absolute Gasteiger partial charge is 0.280 e. The average molecular weight is 331 g/mol. The highest BCUT2D eigenvalue weighted by molar-refractivity contribution is 14.1. The number of hydrogen-bond acceptors (Lipinski definition) is 3. The highest BCUT2D eigenvalue weighted by atomic mass is 127. The maximum Gasteiger partial charge on any atom is 0.280 e. The predicted octanol–water partition coefficient (Wildman–Crippen LogP) is 1.99. The Hall–Kier alpha value is -1.31. The van der Waals surface area contributed by atoms with Gasteiger partial charge in [0, 0.05) is 40.4 Å². The van der Waals surface area contributed by atoms with Crippen LogP contribution >= 0.6 is 22.6 Å². The van der Waals surface area contributed by atoms with Crippen LogP contribution in [0, 0.1) is 6.92 Å². The Morgan fingerprint density at radius 1 is 1.69 bits per heavy atom. The summed E-state index contributed by atoms with van der Waals surface area (Å²) in [6.45, 7) is 2.18. The summed E-state index contributed by atoms with van der Waals surface area (Å²) in [6.07, 6.45) is 3.35. The summed E-state index contributed by atoms with van der Waals surface area (Å²) in [5.41, 5.74) is 2.38. The van der Waals surface area contributed by atoms with Gasteiger partial charge in [-0.1, -0.05) is 0 Å². The van der Waals surface area contributed by atoms with Gasteiger partial charge in [-0.25, -0.2) is 4.98 Å². The van der Waals surface area contributed by atoms with Crippen LogP contribution in [0.4, 0.5) is 4.79 Å². The van der Waals surface area contributed by atoms with Crippen molar-refractivity contribution in [1.29, 1.82) is 0 Å². The fraction of sp³-hybridized carbons (Fsp3) is 0.200. The van der Waals surface area contributed by atoms with Crippen molar-refractivity contribution < 1.29 is 9.90 Å². The zero-order valence-electron chi connectivity index (χ0n) is 8.57. The highest BCUT2D eigenvalue weighted by Crippen LogP contribution is 2.24. The number of nitrogens with one attached hydrogen (secondary N) is 1. The van der Waals surface area contributed by atoms with Gasteiger partial charge in [0.05, 0.1) is 18.0 Å². The number of nitrogens with zero attached hydrogens (tertiary/aromatic N) is 2. The van der Waals surface area contributed by atoms with E-state index in [0.29, 0.717) is 12.1 Å². The van der Waals surface area contributed by atoms with Gasteiger partial charge in [-0.15, -0.1) is 0 Å². The molecule has 0 radical (unpaired) electrons. The van der Waals surface area contributed by atoms with Crippen molar-refractivity contribution in [2.24, 2.45) is 0 Å². The molecule has 84 valence electrons. The van der Waals surface area contributed by atoms with Crippen LogP contribution < -0.4 is 5.32 Å². The second kappa shape index (κ2) is 4.28. The number of carbonyl (C=O) groups excluding carboxylic acids is 1. The van der Waals surface area contributed by atoms with Crippen LogP contribution in [0.2, 0.25) is 0 Å². The summed E-state index contributed by atoms with van der Waals surface area (Å²) in [6, 6.07) is 1.66. The Bertz CT molecular complexity index is 550. The predicted molar refractivity (Wildman–Crippen MR) is 67.8 cm³/mol. The molecule has 6 heteroatoms. The third kappa shape index (κ3) is 1.97. The molecule has 0 aliphatic heterocycles. The maximum atomic E-state index is 10.8. The number of aryl methyl sites for hydroxylation is 1. The standard InChI is InChI=1S/C10H10IN3O2/c1-6-2-9(15)7(3-13-10(11)16)8-4-12-5-14(6)8/h2,4-5,15H,3H2,1H3,(H,13,16). The zero-order chi connectivity index (χ0) is 11.7. The van der Waals surface area contributed by atoms with Gasteiger partial charge in [0.15, 0.2) is 0 Å².